The molecule has 3 rings (SSSR count). The summed E-state index contributed by atoms with van der Waals surface area (Å²) in [6.45, 7) is 2.64. The van der Waals surface area contributed by atoms with E-state index in [1.54, 1.807) is 30.3 Å². The topological polar surface area (TPSA) is 89.0 Å². The first-order chi connectivity index (χ1) is 17.0. The van der Waals surface area contributed by atoms with E-state index in [1.165, 1.54) is 24.4 Å². The van der Waals surface area contributed by atoms with E-state index in [2.05, 4.69) is 15.8 Å². The molecule has 2 amide bonds. The number of nitrogens with one attached hydrogen (secondary N) is 2. The smallest absolute Gasteiger partial charge is 0.254 e. The lowest BCUT2D eigenvalue weighted by Crippen LogP contribution is -2.29. The Bertz CT molecular complexity index is 1200. The van der Waals surface area contributed by atoms with E-state index >= 15 is 0 Å². The van der Waals surface area contributed by atoms with E-state index in [0.717, 1.165) is 5.56 Å². The Kier molecular flexibility index (Phi) is 9.62. The molecule has 0 aliphatic rings. The van der Waals surface area contributed by atoms with Crippen LogP contribution < -0.4 is 20.2 Å². The van der Waals surface area contributed by atoms with E-state index in [0.29, 0.717) is 28.7 Å². The normalized spacial score (nSPS) is 10.7. The highest BCUT2D eigenvalue weighted by atomic mass is 35.5. The van der Waals surface area contributed by atoms with Gasteiger partial charge < -0.3 is 14.8 Å². The van der Waals surface area contributed by atoms with Gasteiger partial charge in [0.2, 0.25) is 5.91 Å². The fraction of sp³-hybridized carbons (Fsp3) is 0.192. The second kappa shape index (κ2) is 13.1. The first kappa shape index (κ1) is 25.7. The number of ether oxygens (including phenoxy) is 2. The van der Waals surface area contributed by atoms with Gasteiger partial charge in [-0.15, -0.1) is 0 Å². The first-order valence-electron chi connectivity index (χ1n) is 11.0. The van der Waals surface area contributed by atoms with Crippen molar-refractivity contribution in [3.63, 3.8) is 0 Å². The zero-order valence-corrected chi connectivity index (χ0v) is 19.8. The van der Waals surface area contributed by atoms with E-state index in [-0.39, 0.29) is 25.1 Å². The zero-order valence-electron chi connectivity index (χ0n) is 19.1. The number of rotatable bonds is 11. The summed E-state index contributed by atoms with van der Waals surface area (Å²) in [5.41, 5.74) is 3.86. The molecular weight excluding hydrogens is 473 g/mol. The van der Waals surface area contributed by atoms with Crippen molar-refractivity contribution in [2.45, 2.75) is 20.0 Å². The number of nitrogens with zero attached hydrogens (tertiary/aromatic N) is 1. The van der Waals surface area contributed by atoms with Crippen LogP contribution in [-0.2, 0) is 11.4 Å². The molecule has 0 saturated heterocycles. The van der Waals surface area contributed by atoms with Gasteiger partial charge in [-0.05, 0) is 48.9 Å². The third kappa shape index (κ3) is 7.82. The molecule has 0 atom stereocenters. The molecule has 3 aromatic carbocycles. The van der Waals surface area contributed by atoms with Gasteiger partial charge in [0, 0.05) is 23.6 Å². The minimum atomic E-state index is -0.620. The molecule has 0 fully saturated rings. The molecule has 182 valence electrons. The molecule has 0 saturated carbocycles. The summed E-state index contributed by atoms with van der Waals surface area (Å²) >= 11 is 6.18. The third-order valence-electron chi connectivity index (χ3n) is 4.77. The summed E-state index contributed by atoms with van der Waals surface area (Å²) in [5, 5.41) is 7.06. The molecule has 7 nitrogen and oxygen atoms in total. The van der Waals surface area contributed by atoms with Gasteiger partial charge in [-0.2, -0.15) is 5.10 Å². The van der Waals surface area contributed by atoms with Crippen molar-refractivity contribution in [2.24, 2.45) is 5.10 Å². The fourth-order valence-corrected chi connectivity index (χ4v) is 3.22. The number of benzene rings is 3. The lowest BCUT2D eigenvalue weighted by molar-refractivity contribution is -0.120. The molecule has 0 radical (unpaired) electrons. The maximum Gasteiger partial charge on any atom is 0.254 e. The van der Waals surface area contributed by atoms with Crippen molar-refractivity contribution >= 4 is 29.6 Å². The van der Waals surface area contributed by atoms with Crippen LogP contribution in [0.15, 0.2) is 71.8 Å². The van der Waals surface area contributed by atoms with Crippen LogP contribution in [0.4, 0.5) is 4.39 Å². The van der Waals surface area contributed by atoms with Crippen LogP contribution in [0, 0.1) is 5.82 Å². The van der Waals surface area contributed by atoms with Gasteiger partial charge in [0.25, 0.3) is 5.91 Å². The number of hydrogen-bond acceptors (Lipinski definition) is 5. The molecule has 0 aromatic heterocycles. The van der Waals surface area contributed by atoms with E-state index in [1.807, 2.05) is 25.1 Å². The number of halogens is 2. The van der Waals surface area contributed by atoms with Crippen molar-refractivity contribution in [3.05, 3.63) is 94.3 Å². The van der Waals surface area contributed by atoms with Gasteiger partial charge >= 0.3 is 0 Å². The molecule has 0 heterocycles. The monoisotopic (exact) mass is 497 g/mol. The first-order valence-corrected chi connectivity index (χ1v) is 11.3. The Morgan fingerprint density at radius 2 is 1.80 bits per heavy atom. The number of hydrazone groups is 1. The lowest BCUT2D eigenvalue weighted by Gasteiger charge is -2.13. The highest BCUT2D eigenvalue weighted by Crippen LogP contribution is 2.29. The Balaban J connectivity index is 1.50. The second-order valence-electron chi connectivity index (χ2n) is 7.30. The van der Waals surface area contributed by atoms with Gasteiger partial charge in [-0.3, -0.25) is 9.59 Å². The Morgan fingerprint density at radius 3 is 2.57 bits per heavy atom. The van der Waals surface area contributed by atoms with Crippen molar-refractivity contribution in [1.29, 1.82) is 0 Å². The summed E-state index contributed by atoms with van der Waals surface area (Å²) in [7, 11) is 0. The molecule has 0 spiro atoms. The molecule has 35 heavy (non-hydrogen) atoms. The van der Waals surface area contributed by atoms with Crippen LogP contribution >= 0.6 is 11.6 Å². The summed E-state index contributed by atoms with van der Waals surface area (Å²) in [6.07, 6.45) is 1.45. The molecule has 0 bridgehead atoms. The lowest BCUT2D eigenvalue weighted by atomic mass is 10.2. The molecule has 0 aliphatic carbocycles. The SMILES string of the molecule is CCOc1cc(C=NNC(=O)CCNC(=O)c2ccccc2F)ccc1OCc1ccccc1Cl. The van der Waals surface area contributed by atoms with Crippen LogP contribution in [0.3, 0.4) is 0 Å². The Hall–Kier alpha value is -3.91. The minimum Gasteiger partial charge on any atom is -0.490 e. The molecule has 9 heteroatoms. The maximum absolute atomic E-state index is 13.6. The highest BCUT2D eigenvalue weighted by molar-refractivity contribution is 6.31. The number of amides is 2. The quantitative estimate of drug-likeness (QED) is 0.296. The highest BCUT2D eigenvalue weighted by Gasteiger charge is 2.11. The second-order valence-corrected chi connectivity index (χ2v) is 7.71. The predicted octanol–water partition coefficient (Wildman–Crippen LogP) is 4.73. The van der Waals surface area contributed by atoms with Gasteiger partial charge in [-0.25, -0.2) is 9.82 Å². The van der Waals surface area contributed by atoms with E-state index in [4.69, 9.17) is 21.1 Å². The van der Waals surface area contributed by atoms with Gasteiger partial charge in [0.1, 0.15) is 12.4 Å². The van der Waals surface area contributed by atoms with E-state index in [9.17, 15) is 14.0 Å². The maximum atomic E-state index is 13.6. The molecule has 0 aliphatic heterocycles. The molecule has 0 unspecified atom stereocenters. The van der Waals surface area contributed by atoms with Crippen molar-refractivity contribution < 1.29 is 23.5 Å². The largest absolute Gasteiger partial charge is 0.490 e. The van der Waals surface area contributed by atoms with Crippen LogP contribution in [0.25, 0.3) is 0 Å². The standard InChI is InChI=1S/C26H25ClFN3O4/c1-2-34-24-15-18(11-12-23(24)35-17-19-7-3-5-9-21(19)27)16-30-31-25(32)13-14-29-26(33)20-8-4-6-10-22(20)28/h3-12,15-16H,2,13-14,17H2,1H3,(H,29,33)(H,31,32). The zero-order chi connectivity index (χ0) is 25.0. The van der Waals surface area contributed by atoms with E-state index < -0.39 is 17.6 Å². The third-order valence-corrected chi connectivity index (χ3v) is 5.14. The van der Waals surface area contributed by atoms with Gasteiger partial charge in [0.15, 0.2) is 11.5 Å². The van der Waals surface area contributed by atoms with Crippen molar-refractivity contribution in [3.8, 4) is 11.5 Å². The van der Waals surface area contributed by atoms with Crippen LogP contribution in [-0.4, -0.2) is 31.2 Å². The average Bonchev–Trinajstić information content (AvgIpc) is 2.85. The summed E-state index contributed by atoms with van der Waals surface area (Å²) in [6, 6.07) is 18.3. The average molecular weight is 498 g/mol. The fourth-order valence-electron chi connectivity index (χ4n) is 3.03. The number of carbonyl (C=O) groups is 2. The Morgan fingerprint density at radius 1 is 1.03 bits per heavy atom. The summed E-state index contributed by atoms with van der Waals surface area (Å²) in [5.74, 6) is -0.519. The van der Waals surface area contributed by atoms with Gasteiger partial charge in [0.05, 0.1) is 18.4 Å². The van der Waals surface area contributed by atoms with Crippen LogP contribution in [0.5, 0.6) is 11.5 Å². The Labute approximate surface area is 207 Å². The number of hydrogen-bond donors (Lipinski definition) is 2. The minimum absolute atomic E-state index is 0.0173. The van der Waals surface area contributed by atoms with Crippen LogP contribution in [0.1, 0.15) is 34.8 Å². The molecular formula is C26H25ClFN3O4. The summed E-state index contributed by atoms with van der Waals surface area (Å²) < 4.78 is 25.2. The van der Waals surface area contributed by atoms with Crippen LogP contribution in [0.2, 0.25) is 5.02 Å². The number of carbonyl (C=O) groups excluding carboxylic acids is 2. The predicted molar refractivity (Wildman–Crippen MR) is 132 cm³/mol. The molecule has 2 N–H and O–H groups in total. The molecule has 3 aromatic rings. The van der Waals surface area contributed by atoms with Crippen molar-refractivity contribution in [1.82, 2.24) is 10.7 Å². The van der Waals surface area contributed by atoms with Gasteiger partial charge in [-0.1, -0.05) is 41.9 Å². The summed E-state index contributed by atoms with van der Waals surface area (Å²) in [4.78, 5) is 23.9. The van der Waals surface area contributed by atoms with Crippen molar-refractivity contribution in [2.75, 3.05) is 13.2 Å².